The minimum atomic E-state index is -0.367. The lowest BCUT2D eigenvalue weighted by atomic mass is 9.99. The Bertz CT molecular complexity index is 1040. The first-order valence-electron chi connectivity index (χ1n) is 8.91. The molecular formula is C23H22N2O3. The van der Waals surface area contributed by atoms with Crippen LogP contribution in [-0.4, -0.2) is 24.8 Å². The quantitative estimate of drug-likeness (QED) is 0.618. The van der Waals surface area contributed by atoms with Crippen LogP contribution in [0.3, 0.4) is 0 Å². The van der Waals surface area contributed by atoms with E-state index in [0.717, 1.165) is 33.8 Å². The maximum Gasteiger partial charge on any atom is 0.340 e. The molecule has 3 rings (SSSR count). The number of hydrogen-bond acceptors (Lipinski definition) is 4. The molecule has 0 aliphatic rings. The van der Waals surface area contributed by atoms with E-state index in [-0.39, 0.29) is 5.97 Å². The third kappa shape index (κ3) is 3.49. The molecule has 5 nitrogen and oxygen atoms in total. The first-order valence-corrected chi connectivity index (χ1v) is 8.91. The molecule has 0 spiro atoms. The van der Waals surface area contributed by atoms with Gasteiger partial charge in [-0.05, 0) is 49.2 Å². The predicted molar refractivity (Wildman–Crippen MR) is 107 cm³/mol. The number of nitriles is 1. The van der Waals surface area contributed by atoms with E-state index >= 15 is 0 Å². The van der Waals surface area contributed by atoms with E-state index < -0.39 is 0 Å². The summed E-state index contributed by atoms with van der Waals surface area (Å²) in [6.45, 7) is 4.55. The molecule has 0 unspecified atom stereocenters. The van der Waals surface area contributed by atoms with Gasteiger partial charge in [0.25, 0.3) is 0 Å². The van der Waals surface area contributed by atoms with E-state index in [1.807, 2.05) is 50.2 Å². The fraction of sp³-hybridized carbons (Fsp3) is 0.217. The van der Waals surface area contributed by atoms with Crippen LogP contribution in [0.2, 0.25) is 0 Å². The van der Waals surface area contributed by atoms with E-state index in [0.29, 0.717) is 17.7 Å². The molecule has 0 amide bonds. The van der Waals surface area contributed by atoms with Gasteiger partial charge in [0.05, 0.1) is 31.4 Å². The van der Waals surface area contributed by atoms with Crippen LogP contribution in [0.5, 0.6) is 5.75 Å². The van der Waals surface area contributed by atoms with Gasteiger partial charge in [0.1, 0.15) is 5.75 Å². The smallest absolute Gasteiger partial charge is 0.340 e. The lowest BCUT2D eigenvalue weighted by Gasteiger charge is -2.11. The molecule has 0 atom stereocenters. The third-order valence-corrected chi connectivity index (χ3v) is 4.98. The molecule has 1 heterocycles. The zero-order valence-electron chi connectivity index (χ0n) is 16.4. The van der Waals surface area contributed by atoms with Crippen LogP contribution >= 0.6 is 0 Å². The standard InChI is InChI=1S/C23H22N2O3/c1-15-21(19-9-5-17(13-24)6-10-19)22(23(26)28-4)16(2)25(15)14-18-7-11-20(27-3)12-8-18/h5-12H,14H2,1-4H3. The second-order valence-electron chi connectivity index (χ2n) is 6.54. The van der Waals surface area contributed by atoms with E-state index in [2.05, 4.69) is 10.6 Å². The van der Waals surface area contributed by atoms with Crippen molar-refractivity contribution in [2.24, 2.45) is 0 Å². The number of aromatic nitrogens is 1. The van der Waals surface area contributed by atoms with Crippen LogP contribution in [0.4, 0.5) is 0 Å². The summed E-state index contributed by atoms with van der Waals surface area (Å²) in [5.74, 6) is 0.437. The zero-order chi connectivity index (χ0) is 20.3. The first kappa shape index (κ1) is 19.2. The molecule has 0 aliphatic carbocycles. The van der Waals surface area contributed by atoms with Gasteiger partial charge in [-0.2, -0.15) is 5.26 Å². The number of rotatable bonds is 5. The number of nitrogens with zero attached hydrogens (tertiary/aromatic N) is 2. The summed E-state index contributed by atoms with van der Waals surface area (Å²) in [6, 6.07) is 17.2. The Morgan fingerprint density at radius 1 is 1.00 bits per heavy atom. The van der Waals surface area contributed by atoms with Crippen molar-refractivity contribution in [3.8, 4) is 22.9 Å². The van der Waals surface area contributed by atoms with Gasteiger partial charge in [0.2, 0.25) is 0 Å². The minimum absolute atomic E-state index is 0.367. The summed E-state index contributed by atoms with van der Waals surface area (Å²) >= 11 is 0. The molecule has 28 heavy (non-hydrogen) atoms. The first-order chi connectivity index (χ1) is 13.5. The molecule has 0 saturated heterocycles. The number of benzene rings is 2. The molecule has 0 fully saturated rings. The Balaban J connectivity index is 2.11. The van der Waals surface area contributed by atoms with Gasteiger partial charge in [-0.15, -0.1) is 0 Å². The van der Waals surface area contributed by atoms with Crippen LogP contribution in [0.15, 0.2) is 48.5 Å². The normalized spacial score (nSPS) is 10.4. The Labute approximate surface area is 164 Å². The molecule has 2 aromatic carbocycles. The van der Waals surface area contributed by atoms with Crippen LogP contribution in [0, 0.1) is 25.2 Å². The third-order valence-electron chi connectivity index (χ3n) is 4.98. The van der Waals surface area contributed by atoms with Gasteiger partial charge in [0, 0.05) is 23.5 Å². The summed E-state index contributed by atoms with van der Waals surface area (Å²) in [4.78, 5) is 12.5. The molecule has 1 aromatic heterocycles. The SMILES string of the molecule is COC(=O)c1c(-c2ccc(C#N)cc2)c(C)n(Cc2ccc(OC)cc2)c1C. The highest BCUT2D eigenvalue weighted by atomic mass is 16.5. The average Bonchev–Trinajstić information content (AvgIpc) is 2.98. The monoisotopic (exact) mass is 374 g/mol. The maximum absolute atomic E-state index is 12.5. The Hall–Kier alpha value is -3.52. The molecule has 3 aromatic rings. The molecule has 5 heteroatoms. The van der Waals surface area contributed by atoms with Crippen LogP contribution in [-0.2, 0) is 11.3 Å². The molecular weight excluding hydrogens is 352 g/mol. The number of hydrogen-bond donors (Lipinski definition) is 0. The number of methoxy groups -OCH3 is 2. The lowest BCUT2D eigenvalue weighted by molar-refractivity contribution is 0.0600. The van der Waals surface area contributed by atoms with Crippen LogP contribution in [0.25, 0.3) is 11.1 Å². The predicted octanol–water partition coefficient (Wildman–Crippen LogP) is 4.49. The molecule has 0 saturated carbocycles. The maximum atomic E-state index is 12.5. The van der Waals surface area contributed by atoms with Crippen LogP contribution in [0.1, 0.15) is 32.9 Å². The Morgan fingerprint density at radius 3 is 2.18 bits per heavy atom. The summed E-state index contributed by atoms with van der Waals surface area (Å²) in [7, 11) is 3.03. The molecule has 0 radical (unpaired) electrons. The zero-order valence-corrected chi connectivity index (χ0v) is 16.4. The highest BCUT2D eigenvalue weighted by molar-refractivity contribution is 5.99. The van der Waals surface area contributed by atoms with Gasteiger partial charge >= 0.3 is 5.97 Å². The summed E-state index contributed by atoms with van der Waals surface area (Å²) < 4.78 is 12.4. The molecule has 0 aliphatic heterocycles. The number of ether oxygens (including phenoxy) is 2. The van der Waals surface area contributed by atoms with Crippen molar-refractivity contribution < 1.29 is 14.3 Å². The van der Waals surface area contributed by atoms with Crippen molar-refractivity contribution in [3.05, 3.63) is 76.6 Å². The van der Waals surface area contributed by atoms with Crippen molar-refractivity contribution in [3.63, 3.8) is 0 Å². The fourth-order valence-corrected chi connectivity index (χ4v) is 3.45. The van der Waals surface area contributed by atoms with E-state index in [1.54, 1.807) is 19.2 Å². The van der Waals surface area contributed by atoms with Crippen molar-refractivity contribution in [2.45, 2.75) is 20.4 Å². The number of carbonyl (C=O) groups excluding carboxylic acids is 1. The van der Waals surface area contributed by atoms with Gasteiger partial charge in [-0.1, -0.05) is 24.3 Å². The van der Waals surface area contributed by atoms with Crippen LogP contribution < -0.4 is 4.74 Å². The summed E-state index contributed by atoms with van der Waals surface area (Å²) in [6.07, 6.45) is 0. The minimum Gasteiger partial charge on any atom is -0.497 e. The van der Waals surface area contributed by atoms with Crippen molar-refractivity contribution in [1.82, 2.24) is 4.57 Å². The van der Waals surface area contributed by atoms with Crippen molar-refractivity contribution in [2.75, 3.05) is 14.2 Å². The van der Waals surface area contributed by atoms with Gasteiger partial charge in [0.15, 0.2) is 0 Å². The van der Waals surface area contributed by atoms with E-state index in [9.17, 15) is 4.79 Å². The average molecular weight is 374 g/mol. The lowest BCUT2D eigenvalue weighted by Crippen LogP contribution is -2.07. The topological polar surface area (TPSA) is 64.2 Å². The number of esters is 1. The summed E-state index contributed by atoms with van der Waals surface area (Å²) in [5, 5.41) is 9.05. The second kappa shape index (κ2) is 8.01. The Morgan fingerprint density at radius 2 is 1.64 bits per heavy atom. The van der Waals surface area contributed by atoms with Gasteiger partial charge < -0.3 is 14.0 Å². The highest BCUT2D eigenvalue weighted by Crippen LogP contribution is 2.33. The van der Waals surface area contributed by atoms with Crippen molar-refractivity contribution >= 4 is 5.97 Å². The number of carbonyl (C=O) groups is 1. The van der Waals surface area contributed by atoms with Crippen molar-refractivity contribution in [1.29, 1.82) is 5.26 Å². The van der Waals surface area contributed by atoms with Gasteiger partial charge in [-0.3, -0.25) is 0 Å². The fourth-order valence-electron chi connectivity index (χ4n) is 3.45. The van der Waals surface area contributed by atoms with Gasteiger partial charge in [-0.25, -0.2) is 4.79 Å². The van der Waals surface area contributed by atoms with E-state index in [4.69, 9.17) is 14.7 Å². The molecule has 0 N–H and O–H groups in total. The second-order valence-corrected chi connectivity index (χ2v) is 6.54. The summed E-state index contributed by atoms with van der Waals surface area (Å²) in [5.41, 5.74) is 5.77. The Kier molecular flexibility index (Phi) is 5.51. The highest BCUT2D eigenvalue weighted by Gasteiger charge is 2.24. The molecule has 0 bridgehead atoms. The largest absolute Gasteiger partial charge is 0.497 e. The molecule has 142 valence electrons. The van der Waals surface area contributed by atoms with E-state index in [1.165, 1.54) is 7.11 Å².